The minimum atomic E-state index is -0.236. The summed E-state index contributed by atoms with van der Waals surface area (Å²) >= 11 is 0. The van der Waals surface area contributed by atoms with Crippen molar-refractivity contribution in [1.82, 2.24) is 0 Å². The third-order valence-electron chi connectivity index (χ3n) is 2.09. The topological polar surface area (TPSA) is 35.2 Å². The number of ether oxygens (including phenoxy) is 1. The van der Waals surface area contributed by atoms with Gasteiger partial charge < -0.3 is 10.5 Å². The highest BCUT2D eigenvalue weighted by Gasteiger charge is 2.05. The number of methoxy groups -OCH3 is 1. The Morgan fingerprint density at radius 2 is 2.13 bits per heavy atom. The predicted molar refractivity (Wildman–Crippen MR) is 60.4 cm³/mol. The Labute approximate surface area is 89.6 Å². The van der Waals surface area contributed by atoms with Crippen molar-refractivity contribution >= 4 is 6.08 Å². The molecule has 0 fully saturated rings. The second kappa shape index (κ2) is 4.94. The third-order valence-corrected chi connectivity index (χ3v) is 2.09. The van der Waals surface area contributed by atoms with Crippen molar-refractivity contribution < 1.29 is 9.13 Å². The first-order valence-electron chi connectivity index (χ1n) is 4.82. The lowest BCUT2D eigenvalue weighted by atomic mass is 10.1. The highest BCUT2D eigenvalue weighted by Crippen LogP contribution is 2.23. The molecule has 1 aromatic carbocycles. The quantitative estimate of drug-likeness (QED) is 0.830. The summed E-state index contributed by atoms with van der Waals surface area (Å²) in [5, 5.41) is 0. The molecule has 0 saturated carbocycles. The molecule has 1 aromatic rings. The van der Waals surface area contributed by atoms with E-state index in [-0.39, 0.29) is 11.9 Å². The Morgan fingerprint density at radius 1 is 1.47 bits per heavy atom. The van der Waals surface area contributed by atoms with Gasteiger partial charge in [0.2, 0.25) is 0 Å². The van der Waals surface area contributed by atoms with Crippen molar-refractivity contribution in [2.45, 2.75) is 19.9 Å². The molecule has 1 unspecified atom stereocenters. The molecule has 1 atom stereocenters. The molecule has 0 saturated heterocycles. The molecule has 2 N–H and O–H groups in total. The molecule has 0 amide bonds. The van der Waals surface area contributed by atoms with Gasteiger partial charge in [0.15, 0.2) is 0 Å². The van der Waals surface area contributed by atoms with E-state index in [2.05, 4.69) is 0 Å². The molecule has 0 aliphatic rings. The van der Waals surface area contributed by atoms with Crippen molar-refractivity contribution in [3.8, 4) is 5.75 Å². The Balaban J connectivity index is 3.10. The number of nitrogens with two attached hydrogens (primary N) is 1. The standard InChI is InChI=1S/C12H16FNO/c1-8-6-12(15-3)10(7-11(8)13)5-4-9(2)14/h4-7,9H,14H2,1-3H3/b5-4+. The molecule has 0 spiro atoms. The fraction of sp³-hybridized carbons (Fsp3) is 0.333. The van der Waals surface area contributed by atoms with Gasteiger partial charge in [0.1, 0.15) is 11.6 Å². The molecule has 0 radical (unpaired) electrons. The summed E-state index contributed by atoms with van der Waals surface area (Å²) in [7, 11) is 1.57. The minimum absolute atomic E-state index is 0.0564. The summed E-state index contributed by atoms with van der Waals surface area (Å²) in [6.07, 6.45) is 3.57. The van der Waals surface area contributed by atoms with Crippen molar-refractivity contribution in [3.05, 3.63) is 35.2 Å². The van der Waals surface area contributed by atoms with E-state index in [4.69, 9.17) is 10.5 Å². The molecule has 15 heavy (non-hydrogen) atoms. The summed E-state index contributed by atoms with van der Waals surface area (Å²) in [6.45, 7) is 3.56. The van der Waals surface area contributed by atoms with Crippen molar-refractivity contribution in [2.75, 3.05) is 7.11 Å². The van der Waals surface area contributed by atoms with Crippen molar-refractivity contribution in [3.63, 3.8) is 0 Å². The van der Waals surface area contributed by atoms with Crippen LogP contribution < -0.4 is 10.5 Å². The van der Waals surface area contributed by atoms with Gasteiger partial charge in [-0.1, -0.05) is 12.2 Å². The lowest BCUT2D eigenvalue weighted by Crippen LogP contribution is -2.10. The van der Waals surface area contributed by atoms with Gasteiger partial charge in [-0.05, 0) is 31.5 Å². The van der Waals surface area contributed by atoms with Gasteiger partial charge >= 0.3 is 0 Å². The second-order valence-corrected chi connectivity index (χ2v) is 3.56. The largest absolute Gasteiger partial charge is 0.496 e. The molecule has 3 heteroatoms. The molecule has 0 bridgehead atoms. The highest BCUT2D eigenvalue weighted by molar-refractivity contribution is 5.58. The molecule has 0 aromatic heterocycles. The van der Waals surface area contributed by atoms with Gasteiger partial charge in [-0.15, -0.1) is 0 Å². The zero-order valence-electron chi connectivity index (χ0n) is 9.25. The maximum absolute atomic E-state index is 13.3. The first-order chi connectivity index (χ1) is 7.04. The summed E-state index contributed by atoms with van der Waals surface area (Å²) < 4.78 is 18.5. The SMILES string of the molecule is COc1cc(C)c(F)cc1/C=C/C(C)N. The van der Waals surface area contributed by atoms with E-state index in [0.717, 1.165) is 0 Å². The van der Waals surface area contributed by atoms with Gasteiger partial charge in [-0.2, -0.15) is 0 Å². The molecule has 1 rings (SSSR count). The van der Waals surface area contributed by atoms with Crippen LogP contribution in [0, 0.1) is 12.7 Å². The maximum atomic E-state index is 13.3. The minimum Gasteiger partial charge on any atom is -0.496 e. The van der Waals surface area contributed by atoms with Crippen LogP contribution in [0.15, 0.2) is 18.2 Å². The maximum Gasteiger partial charge on any atom is 0.126 e. The van der Waals surface area contributed by atoms with Crippen LogP contribution >= 0.6 is 0 Å². The number of aryl methyl sites for hydroxylation is 1. The van der Waals surface area contributed by atoms with Gasteiger partial charge in [0.05, 0.1) is 7.11 Å². The van der Waals surface area contributed by atoms with Gasteiger partial charge in [-0.25, -0.2) is 4.39 Å². The number of hydrogen-bond acceptors (Lipinski definition) is 2. The highest BCUT2D eigenvalue weighted by atomic mass is 19.1. The fourth-order valence-electron chi connectivity index (χ4n) is 1.23. The van der Waals surface area contributed by atoms with Gasteiger partial charge in [0, 0.05) is 11.6 Å². The molecule has 82 valence electrons. The van der Waals surface area contributed by atoms with E-state index in [1.807, 2.05) is 6.92 Å². The number of halogens is 1. The summed E-state index contributed by atoms with van der Waals surface area (Å²) in [6, 6.07) is 3.07. The normalized spacial score (nSPS) is 13.1. The third kappa shape index (κ3) is 3.06. The Kier molecular flexibility index (Phi) is 3.86. The average molecular weight is 209 g/mol. The van der Waals surface area contributed by atoms with Crippen LogP contribution in [0.3, 0.4) is 0 Å². The molecular weight excluding hydrogens is 193 g/mol. The van der Waals surface area contributed by atoms with E-state index >= 15 is 0 Å². The Morgan fingerprint density at radius 3 is 2.67 bits per heavy atom. The molecule has 2 nitrogen and oxygen atoms in total. The van der Waals surface area contributed by atoms with Crippen molar-refractivity contribution in [1.29, 1.82) is 0 Å². The van der Waals surface area contributed by atoms with Crippen molar-refractivity contribution in [2.24, 2.45) is 5.73 Å². The molecular formula is C12H16FNO. The van der Waals surface area contributed by atoms with Crippen LogP contribution in [0.1, 0.15) is 18.1 Å². The fourth-order valence-corrected chi connectivity index (χ4v) is 1.23. The van der Waals surface area contributed by atoms with E-state index in [1.165, 1.54) is 6.07 Å². The smallest absolute Gasteiger partial charge is 0.126 e. The first kappa shape index (κ1) is 11.7. The summed E-state index contributed by atoms with van der Waals surface area (Å²) in [4.78, 5) is 0. The number of hydrogen-bond donors (Lipinski definition) is 1. The number of benzene rings is 1. The summed E-state index contributed by atoms with van der Waals surface area (Å²) in [5.74, 6) is 0.422. The van der Waals surface area contributed by atoms with Crippen LogP contribution in [0.4, 0.5) is 4.39 Å². The van der Waals surface area contributed by atoms with E-state index < -0.39 is 0 Å². The number of rotatable bonds is 3. The van der Waals surface area contributed by atoms with Gasteiger partial charge in [0.25, 0.3) is 0 Å². The second-order valence-electron chi connectivity index (χ2n) is 3.56. The van der Waals surface area contributed by atoms with Gasteiger partial charge in [-0.3, -0.25) is 0 Å². The van der Waals surface area contributed by atoms with E-state index in [0.29, 0.717) is 16.9 Å². The monoisotopic (exact) mass is 209 g/mol. The Hall–Kier alpha value is -1.35. The zero-order chi connectivity index (χ0) is 11.4. The predicted octanol–water partition coefficient (Wildman–Crippen LogP) is 2.50. The van der Waals surface area contributed by atoms with Crippen LogP contribution in [0.2, 0.25) is 0 Å². The van der Waals surface area contributed by atoms with Crippen LogP contribution in [-0.2, 0) is 0 Å². The van der Waals surface area contributed by atoms with E-state index in [9.17, 15) is 4.39 Å². The molecule has 0 heterocycles. The average Bonchev–Trinajstić information content (AvgIpc) is 2.19. The molecule has 0 aliphatic heterocycles. The lowest BCUT2D eigenvalue weighted by Gasteiger charge is -2.07. The molecule has 0 aliphatic carbocycles. The Bertz CT molecular complexity index is 372. The van der Waals surface area contributed by atoms with Crippen LogP contribution in [0.25, 0.3) is 6.08 Å². The summed E-state index contributed by atoms with van der Waals surface area (Å²) in [5.41, 5.74) is 6.86. The first-order valence-corrected chi connectivity index (χ1v) is 4.82. The lowest BCUT2D eigenvalue weighted by molar-refractivity contribution is 0.412. The van der Waals surface area contributed by atoms with E-state index in [1.54, 1.807) is 32.3 Å². The zero-order valence-corrected chi connectivity index (χ0v) is 9.25. The van der Waals surface area contributed by atoms with Crippen LogP contribution in [-0.4, -0.2) is 13.2 Å². The van der Waals surface area contributed by atoms with Crippen LogP contribution in [0.5, 0.6) is 5.75 Å².